The van der Waals surface area contributed by atoms with Crippen molar-refractivity contribution in [2.75, 3.05) is 0 Å². The number of pyridine rings is 1. The van der Waals surface area contributed by atoms with Gasteiger partial charge in [0.05, 0.1) is 12.1 Å². The monoisotopic (exact) mass is 271 g/mol. The fourth-order valence-corrected chi connectivity index (χ4v) is 2.43. The molecule has 0 unspecified atom stereocenters. The molecule has 0 atom stereocenters. The normalized spacial score (nSPS) is 10.6. The molecule has 4 nitrogen and oxygen atoms in total. The lowest BCUT2D eigenvalue weighted by Crippen LogP contribution is -2.26. The lowest BCUT2D eigenvalue weighted by molar-refractivity contribution is 0.0694. The average Bonchev–Trinajstić information content (AvgIpc) is 2.33. The van der Waals surface area contributed by atoms with Crippen LogP contribution >= 0.6 is 0 Å². The molecule has 1 heterocycles. The van der Waals surface area contributed by atoms with Crippen LogP contribution in [0.3, 0.4) is 0 Å². The third-order valence-electron chi connectivity index (χ3n) is 3.40. The van der Waals surface area contributed by atoms with Gasteiger partial charge < -0.3 is 9.67 Å². The molecule has 1 aromatic heterocycles. The summed E-state index contributed by atoms with van der Waals surface area (Å²) in [7, 11) is 0. The summed E-state index contributed by atoms with van der Waals surface area (Å²) in [6.07, 6.45) is 0. The van der Waals surface area contributed by atoms with Gasteiger partial charge in [0, 0.05) is 11.8 Å². The van der Waals surface area contributed by atoms with E-state index in [0.29, 0.717) is 17.8 Å². The number of nitrogens with zero attached hydrogens (tertiary/aromatic N) is 1. The first kappa shape index (κ1) is 14.1. The number of hydrogen-bond donors (Lipinski definition) is 1. The number of carboxylic acids is 1. The van der Waals surface area contributed by atoms with E-state index in [-0.39, 0.29) is 11.1 Å². The first-order valence-electron chi connectivity index (χ1n) is 6.40. The molecule has 0 spiro atoms. The highest BCUT2D eigenvalue weighted by Gasteiger charge is 2.15. The predicted octanol–water partition coefficient (Wildman–Crippen LogP) is 2.52. The highest BCUT2D eigenvalue weighted by Crippen LogP contribution is 2.13. The lowest BCUT2D eigenvalue weighted by atomic mass is 10.1. The summed E-state index contributed by atoms with van der Waals surface area (Å²) >= 11 is 0. The minimum Gasteiger partial charge on any atom is -0.478 e. The molecule has 0 aliphatic heterocycles. The van der Waals surface area contributed by atoms with Crippen LogP contribution < -0.4 is 5.56 Å². The molecule has 104 valence electrons. The summed E-state index contributed by atoms with van der Waals surface area (Å²) in [5.41, 5.74) is 3.11. The summed E-state index contributed by atoms with van der Waals surface area (Å²) < 4.78 is 1.51. The van der Waals surface area contributed by atoms with Crippen molar-refractivity contribution in [2.45, 2.75) is 27.3 Å². The van der Waals surface area contributed by atoms with E-state index in [1.807, 2.05) is 31.2 Å². The second-order valence-corrected chi connectivity index (χ2v) is 5.01. The van der Waals surface area contributed by atoms with E-state index in [1.165, 1.54) is 10.6 Å². The third kappa shape index (κ3) is 2.64. The number of rotatable bonds is 3. The average molecular weight is 271 g/mol. The molecule has 20 heavy (non-hydrogen) atoms. The van der Waals surface area contributed by atoms with Gasteiger partial charge in [0.25, 0.3) is 5.56 Å². The Kier molecular flexibility index (Phi) is 3.74. The molecule has 1 aromatic carbocycles. The van der Waals surface area contributed by atoms with Gasteiger partial charge in [-0.2, -0.15) is 0 Å². The van der Waals surface area contributed by atoms with Gasteiger partial charge in [0.15, 0.2) is 0 Å². The fraction of sp³-hybridized carbons (Fsp3) is 0.250. The second kappa shape index (κ2) is 5.33. The minimum absolute atomic E-state index is 0.175. The van der Waals surface area contributed by atoms with Gasteiger partial charge in [-0.05, 0) is 31.9 Å². The van der Waals surface area contributed by atoms with Gasteiger partial charge in [-0.15, -0.1) is 0 Å². The topological polar surface area (TPSA) is 59.3 Å². The van der Waals surface area contributed by atoms with Crippen molar-refractivity contribution in [1.29, 1.82) is 0 Å². The molecule has 0 saturated heterocycles. The number of aromatic nitrogens is 1. The van der Waals surface area contributed by atoms with E-state index < -0.39 is 5.97 Å². The lowest BCUT2D eigenvalue weighted by Gasteiger charge is -2.14. The van der Waals surface area contributed by atoms with E-state index in [4.69, 9.17) is 0 Å². The SMILES string of the molecule is Cc1cccc(Cn2c(C)c(C(=O)O)c(C)cc2=O)c1. The third-order valence-corrected chi connectivity index (χ3v) is 3.40. The Morgan fingerprint density at radius 3 is 2.50 bits per heavy atom. The van der Waals surface area contributed by atoms with Crippen molar-refractivity contribution < 1.29 is 9.90 Å². The molecule has 4 heteroatoms. The zero-order valence-corrected chi connectivity index (χ0v) is 11.8. The van der Waals surface area contributed by atoms with Crippen molar-refractivity contribution in [3.05, 3.63) is 68.6 Å². The quantitative estimate of drug-likeness (QED) is 0.933. The maximum Gasteiger partial charge on any atom is 0.337 e. The van der Waals surface area contributed by atoms with Crippen LogP contribution in [0, 0.1) is 20.8 Å². The molecule has 0 saturated carbocycles. The van der Waals surface area contributed by atoms with Crippen LogP contribution in [0.15, 0.2) is 35.1 Å². The number of aromatic carboxylic acids is 1. The van der Waals surface area contributed by atoms with Crippen LogP contribution in [0.4, 0.5) is 0 Å². The highest BCUT2D eigenvalue weighted by molar-refractivity contribution is 5.90. The molecule has 0 fully saturated rings. The molecular weight excluding hydrogens is 254 g/mol. The Morgan fingerprint density at radius 2 is 1.90 bits per heavy atom. The van der Waals surface area contributed by atoms with Crippen molar-refractivity contribution in [3.63, 3.8) is 0 Å². The molecule has 0 bridgehead atoms. The number of carboxylic acid groups (broad SMARTS) is 1. The highest BCUT2D eigenvalue weighted by atomic mass is 16.4. The molecule has 0 radical (unpaired) electrons. The Bertz CT molecular complexity index is 729. The van der Waals surface area contributed by atoms with Crippen LogP contribution in [0.5, 0.6) is 0 Å². The number of benzene rings is 1. The molecule has 0 amide bonds. The molecule has 0 aliphatic carbocycles. The van der Waals surface area contributed by atoms with Gasteiger partial charge in [-0.25, -0.2) is 4.79 Å². The van der Waals surface area contributed by atoms with E-state index >= 15 is 0 Å². The van der Waals surface area contributed by atoms with Gasteiger partial charge in [0.1, 0.15) is 0 Å². The van der Waals surface area contributed by atoms with E-state index in [0.717, 1.165) is 11.1 Å². The second-order valence-electron chi connectivity index (χ2n) is 5.01. The van der Waals surface area contributed by atoms with Crippen molar-refractivity contribution >= 4 is 5.97 Å². The maximum absolute atomic E-state index is 12.1. The standard InChI is InChI=1S/C16H17NO3/c1-10-5-4-6-13(7-10)9-17-12(3)15(16(19)20)11(2)8-14(17)18/h4-8H,9H2,1-3H3,(H,19,20). The van der Waals surface area contributed by atoms with Gasteiger partial charge >= 0.3 is 5.97 Å². The summed E-state index contributed by atoms with van der Waals surface area (Å²) in [5.74, 6) is -1.00. The Hall–Kier alpha value is -2.36. The zero-order chi connectivity index (χ0) is 14.9. The van der Waals surface area contributed by atoms with Crippen LogP contribution in [0.2, 0.25) is 0 Å². The summed E-state index contributed by atoms with van der Waals surface area (Å²) in [6, 6.07) is 9.21. The number of carbonyl (C=O) groups is 1. The number of hydrogen-bond acceptors (Lipinski definition) is 2. The molecule has 0 aliphatic rings. The van der Waals surface area contributed by atoms with Crippen molar-refractivity contribution in [3.8, 4) is 0 Å². The molecule has 2 rings (SSSR count). The Morgan fingerprint density at radius 1 is 1.20 bits per heavy atom. The smallest absolute Gasteiger partial charge is 0.337 e. The van der Waals surface area contributed by atoms with E-state index in [9.17, 15) is 14.7 Å². The Labute approximate surface area is 117 Å². The fourth-order valence-electron chi connectivity index (χ4n) is 2.43. The van der Waals surface area contributed by atoms with Crippen molar-refractivity contribution in [2.24, 2.45) is 0 Å². The molecule has 2 aromatic rings. The summed E-state index contributed by atoms with van der Waals surface area (Å²) in [4.78, 5) is 23.4. The summed E-state index contributed by atoms with van der Waals surface area (Å²) in [5, 5.41) is 9.26. The molecular formula is C16H17NO3. The first-order valence-corrected chi connectivity index (χ1v) is 6.40. The first-order chi connectivity index (χ1) is 9.40. The van der Waals surface area contributed by atoms with Gasteiger partial charge in [-0.3, -0.25) is 4.79 Å². The minimum atomic E-state index is -1.00. The largest absolute Gasteiger partial charge is 0.478 e. The summed E-state index contributed by atoms with van der Waals surface area (Å²) in [6.45, 7) is 5.69. The zero-order valence-electron chi connectivity index (χ0n) is 11.8. The van der Waals surface area contributed by atoms with Gasteiger partial charge in [0.2, 0.25) is 0 Å². The van der Waals surface area contributed by atoms with E-state index in [1.54, 1.807) is 13.8 Å². The number of aryl methyl sites for hydroxylation is 2. The van der Waals surface area contributed by atoms with E-state index in [2.05, 4.69) is 0 Å². The van der Waals surface area contributed by atoms with Crippen LogP contribution in [0.1, 0.15) is 32.7 Å². The van der Waals surface area contributed by atoms with Crippen molar-refractivity contribution in [1.82, 2.24) is 4.57 Å². The van der Waals surface area contributed by atoms with Gasteiger partial charge in [-0.1, -0.05) is 29.8 Å². The maximum atomic E-state index is 12.1. The Balaban J connectivity index is 2.55. The molecule has 1 N–H and O–H groups in total. The van der Waals surface area contributed by atoms with Crippen LogP contribution in [0.25, 0.3) is 0 Å². The predicted molar refractivity (Wildman–Crippen MR) is 77.4 cm³/mol. The van der Waals surface area contributed by atoms with Crippen LogP contribution in [-0.4, -0.2) is 15.6 Å². The van der Waals surface area contributed by atoms with Crippen LogP contribution in [-0.2, 0) is 6.54 Å².